The molecule has 0 saturated heterocycles. The van der Waals surface area contributed by atoms with Crippen LogP contribution in [0.3, 0.4) is 0 Å². The number of hydrogen-bond donors (Lipinski definition) is 0. The molecule has 0 atom stereocenters. The van der Waals surface area contributed by atoms with Crippen molar-refractivity contribution >= 4 is 28.6 Å². The summed E-state index contributed by atoms with van der Waals surface area (Å²) < 4.78 is 0. The summed E-state index contributed by atoms with van der Waals surface area (Å²) in [6, 6.07) is 8.18. The molecule has 1 heterocycles. The van der Waals surface area contributed by atoms with Crippen LogP contribution in [0.15, 0.2) is 24.3 Å². The molecule has 1 aromatic heterocycles. The summed E-state index contributed by atoms with van der Waals surface area (Å²) in [4.78, 5) is 6.76. The first-order valence-electron chi connectivity index (χ1n) is 6.72. The second-order valence-corrected chi connectivity index (χ2v) is 4.83. The number of halogens is 1. The van der Waals surface area contributed by atoms with Crippen molar-refractivity contribution in [2.45, 2.75) is 32.7 Å². The van der Waals surface area contributed by atoms with Gasteiger partial charge in [-0.05, 0) is 25.0 Å². The molecule has 1 aromatic carbocycles. The van der Waals surface area contributed by atoms with E-state index in [1.165, 1.54) is 0 Å². The molecule has 0 bridgehead atoms. The summed E-state index contributed by atoms with van der Waals surface area (Å²) in [5, 5.41) is 8.49. The predicted molar refractivity (Wildman–Crippen MR) is 79.8 cm³/mol. The molecule has 0 radical (unpaired) electrons. The second kappa shape index (κ2) is 6.66. The van der Waals surface area contributed by atoms with Crippen LogP contribution in [-0.2, 0) is 0 Å². The smallest absolute Gasteiger partial charge is 0.246 e. The van der Waals surface area contributed by atoms with Crippen LogP contribution in [0.2, 0.25) is 0 Å². The maximum atomic E-state index is 5.90. The van der Waals surface area contributed by atoms with Gasteiger partial charge >= 0.3 is 0 Å². The molecule has 2 rings (SSSR count). The van der Waals surface area contributed by atoms with Gasteiger partial charge in [-0.15, -0.1) is 21.8 Å². The number of benzene rings is 1. The largest absolute Gasteiger partial charge is 0.335 e. The van der Waals surface area contributed by atoms with Crippen LogP contribution in [0.1, 0.15) is 26.7 Å². The third kappa shape index (κ3) is 3.13. The van der Waals surface area contributed by atoms with E-state index < -0.39 is 0 Å². The van der Waals surface area contributed by atoms with Crippen LogP contribution < -0.4 is 4.90 Å². The van der Waals surface area contributed by atoms with Crippen molar-refractivity contribution in [1.29, 1.82) is 0 Å². The van der Waals surface area contributed by atoms with E-state index in [4.69, 9.17) is 11.6 Å². The lowest BCUT2D eigenvalue weighted by atomic mass is 10.1. The Morgan fingerprint density at radius 2 is 1.79 bits per heavy atom. The van der Waals surface area contributed by atoms with Gasteiger partial charge in [0.2, 0.25) is 5.95 Å². The van der Waals surface area contributed by atoms with Crippen LogP contribution in [0.4, 0.5) is 5.95 Å². The van der Waals surface area contributed by atoms with E-state index in [-0.39, 0.29) is 0 Å². The lowest BCUT2D eigenvalue weighted by molar-refractivity contribution is 0.555. The zero-order chi connectivity index (χ0) is 13.7. The molecule has 0 fully saturated rings. The first-order valence-corrected chi connectivity index (χ1v) is 7.25. The minimum absolute atomic E-state index is 0.404. The van der Waals surface area contributed by atoms with Crippen LogP contribution in [0, 0.1) is 0 Å². The van der Waals surface area contributed by atoms with E-state index in [9.17, 15) is 0 Å². The standard InChI is InChI=1S/C14H19ClN4/c1-3-11(4-2)19(10-9-15)14-16-12-7-5-6-8-13(12)17-18-14/h5-8,11H,3-4,9-10H2,1-2H3. The van der Waals surface area contributed by atoms with Gasteiger partial charge in [0.1, 0.15) is 5.52 Å². The fourth-order valence-electron chi connectivity index (χ4n) is 2.26. The number of rotatable bonds is 6. The highest BCUT2D eigenvalue weighted by atomic mass is 35.5. The van der Waals surface area contributed by atoms with Gasteiger partial charge in [0.15, 0.2) is 0 Å². The Balaban J connectivity index is 2.37. The first-order chi connectivity index (χ1) is 9.30. The van der Waals surface area contributed by atoms with Crippen molar-refractivity contribution in [1.82, 2.24) is 15.2 Å². The Morgan fingerprint density at radius 3 is 2.42 bits per heavy atom. The average molecular weight is 279 g/mol. The number of nitrogens with zero attached hydrogens (tertiary/aromatic N) is 4. The van der Waals surface area contributed by atoms with Crippen LogP contribution in [0.5, 0.6) is 0 Å². The molecule has 4 nitrogen and oxygen atoms in total. The summed E-state index contributed by atoms with van der Waals surface area (Å²) in [6.45, 7) is 5.08. The van der Waals surface area contributed by atoms with Crippen molar-refractivity contribution in [2.75, 3.05) is 17.3 Å². The summed E-state index contributed by atoms with van der Waals surface area (Å²) in [6.07, 6.45) is 2.09. The molecule has 0 unspecified atom stereocenters. The van der Waals surface area contributed by atoms with Gasteiger partial charge in [-0.25, -0.2) is 4.98 Å². The van der Waals surface area contributed by atoms with Gasteiger partial charge in [0.05, 0.1) is 5.52 Å². The Labute approximate surface area is 118 Å². The van der Waals surface area contributed by atoms with Gasteiger partial charge in [0.25, 0.3) is 0 Å². The normalized spacial score (nSPS) is 11.2. The van der Waals surface area contributed by atoms with Crippen molar-refractivity contribution in [3.63, 3.8) is 0 Å². The SMILES string of the molecule is CCC(CC)N(CCCl)c1nnc2ccccc2n1. The van der Waals surface area contributed by atoms with E-state index in [0.29, 0.717) is 17.9 Å². The monoisotopic (exact) mass is 278 g/mol. The topological polar surface area (TPSA) is 41.9 Å². The highest BCUT2D eigenvalue weighted by molar-refractivity contribution is 6.18. The number of anilines is 1. The van der Waals surface area contributed by atoms with Crippen LogP contribution in [0.25, 0.3) is 11.0 Å². The summed E-state index contributed by atoms with van der Waals surface area (Å²) in [5.74, 6) is 1.24. The zero-order valence-electron chi connectivity index (χ0n) is 11.4. The molecule has 19 heavy (non-hydrogen) atoms. The van der Waals surface area contributed by atoms with Gasteiger partial charge in [0, 0.05) is 18.5 Å². The van der Waals surface area contributed by atoms with Crippen LogP contribution in [-0.4, -0.2) is 33.6 Å². The maximum Gasteiger partial charge on any atom is 0.246 e. The highest BCUT2D eigenvalue weighted by Crippen LogP contribution is 2.18. The number of alkyl halides is 1. The van der Waals surface area contributed by atoms with E-state index in [1.54, 1.807) is 0 Å². The van der Waals surface area contributed by atoms with Gasteiger partial charge < -0.3 is 4.90 Å². The molecule has 5 heteroatoms. The highest BCUT2D eigenvalue weighted by Gasteiger charge is 2.18. The average Bonchev–Trinajstić information content (AvgIpc) is 2.47. The molecule has 0 amide bonds. The van der Waals surface area contributed by atoms with Crippen molar-refractivity contribution < 1.29 is 0 Å². The maximum absolute atomic E-state index is 5.90. The molecule has 0 aliphatic rings. The Hall–Kier alpha value is -1.42. The van der Waals surface area contributed by atoms with Crippen molar-refractivity contribution in [2.24, 2.45) is 0 Å². The molecule has 102 valence electrons. The lowest BCUT2D eigenvalue weighted by Crippen LogP contribution is -2.37. The van der Waals surface area contributed by atoms with E-state index >= 15 is 0 Å². The fraction of sp³-hybridized carbons (Fsp3) is 0.500. The van der Waals surface area contributed by atoms with Crippen molar-refractivity contribution in [3.05, 3.63) is 24.3 Å². The summed E-state index contributed by atoms with van der Waals surface area (Å²) in [5.41, 5.74) is 1.69. The van der Waals surface area contributed by atoms with Crippen molar-refractivity contribution in [3.8, 4) is 0 Å². The van der Waals surface area contributed by atoms with E-state index in [2.05, 4.69) is 33.9 Å². The number of para-hydroxylation sites is 1. The van der Waals surface area contributed by atoms with Crippen LogP contribution >= 0.6 is 11.6 Å². The number of aromatic nitrogens is 3. The molecular weight excluding hydrogens is 260 g/mol. The fourth-order valence-corrected chi connectivity index (χ4v) is 2.44. The third-order valence-corrected chi connectivity index (χ3v) is 3.48. The second-order valence-electron chi connectivity index (χ2n) is 4.45. The lowest BCUT2D eigenvalue weighted by Gasteiger charge is -2.29. The van der Waals surface area contributed by atoms with Gasteiger partial charge in [-0.2, -0.15) is 0 Å². The molecule has 0 aliphatic carbocycles. The molecule has 0 spiro atoms. The minimum Gasteiger partial charge on any atom is -0.335 e. The minimum atomic E-state index is 0.404. The summed E-state index contributed by atoms with van der Waals surface area (Å²) >= 11 is 5.90. The predicted octanol–water partition coefficient (Wildman–Crippen LogP) is 3.26. The zero-order valence-corrected chi connectivity index (χ0v) is 12.1. The Kier molecular flexibility index (Phi) is 4.91. The Bertz CT molecular complexity index is 528. The molecule has 0 N–H and O–H groups in total. The number of fused-ring (bicyclic) bond motifs is 1. The quantitative estimate of drug-likeness (QED) is 0.761. The van der Waals surface area contributed by atoms with Gasteiger partial charge in [-0.3, -0.25) is 0 Å². The van der Waals surface area contributed by atoms with Gasteiger partial charge in [-0.1, -0.05) is 26.0 Å². The van der Waals surface area contributed by atoms with E-state index in [1.807, 2.05) is 24.3 Å². The third-order valence-electron chi connectivity index (χ3n) is 3.31. The summed E-state index contributed by atoms with van der Waals surface area (Å²) in [7, 11) is 0. The molecule has 0 saturated carbocycles. The molecule has 0 aliphatic heterocycles. The first kappa shape index (κ1) is 14.0. The molecular formula is C14H19ClN4. The Morgan fingerprint density at radius 1 is 1.11 bits per heavy atom. The molecule has 2 aromatic rings. The number of hydrogen-bond acceptors (Lipinski definition) is 4. The van der Waals surface area contributed by atoms with E-state index in [0.717, 1.165) is 30.4 Å².